The average Bonchev–Trinajstić information content (AvgIpc) is 3.22. The molecule has 27 heavy (non-hydrogen) atoms. The van der Waals surface area contributed by atoms with E-state index in [2.05, 4.69) is 10.3 Å². The van der Waals surface area contributed by atoms with E-state index in [0.717, 1.165) is 31.2 Å². The molecule has 2 aromatic rings. The van der Waals surface area contributed by atoms with Crippen LogP contribution in [-0.4, -0.2) is 30.3 Å². The van der Waals surface area contributed by atoms with Crippen molar-refractivity contribution in [3.63, 3.8) is 0 Å². The lowest BCUT2D eigenvalue weighted by molar-refractivity contribution is -0.115. The first-order chi connectivity index (χ1) is 13.0. The van der Waals surface area contributed by atoms with Gasteiger partial charge in [-0.05, 0) is 31.0 Å². The van der Waals surface area contributed by atoms with Gasteiger partial charge in [-0.2, -0.15) is 0 Å². The van der Waals surface area contributed by atoms with Crippen molar-refractivity contribution in [2.45, 2.75) is 44.0 Å². The number of hydrogen-bond acceptors (Lipinski definition) is 5. The topological polar surface area (TPSA) is 85.4 Å². The fourth-order valence-electron chi connectivity index (χ4n) is 3.19. The van der Waals surface area contributed by atoms with Crippen LogP contribution in [0.15, 0.2) is 48.8 Å². The lowest BCUT2D eigenvalue weighted by Gasteiger charge is -2.12. The molecule has 0 spiro atoms. The third-order valence-corrected chi connectivity index (χ3v) is 6.93. The fourth-order valence-corrected chi connectivity index (χ4v) is 5.04. The zero-order chi connectivity index (χ0) is 19.1. The number of nitrogens with one attached hydrogen (secondary N) is 1. The molecule has 144 valence electrons. The molecular weight excluding hydrogens is 364 g/mol. The lowest BCUT2D eigenvalue weighted by Crippen LogP contribution is -2.24. The van der Waals surface area contributed by atoms with E-state index < -0.39 is 9.84 Å². The summed E-state index contributed by atoms with van der Waals surface area (Å²) in [5, 5.41) is 2.48. The molecule has 1 aliphatic carbocycles. The van der Waals surface area contributed by atoms with Gasteiger partial charge in [0.2, 0.25) is 5.91 Å². The Morgan fingerprint density at radius 3 is 2.74 bits per heavy atom. The van der Waals surface area contributed by atoms with Crippen molar-refractivity contribution in [2.75, 3.05) is 11.1 Å². The number of benzene rings is 1. The highest BCUT2D eigenvalue weighted by atomic mass is 32.2. The summed E-state index contributed by atoms with van der Waals surface area (Å²) in [6.45, 7) is 0.380. The van der Waals surface area contributed by atoms with Crippen LogP contribution in [0.5, 0.6) is 5.75 Å². The van der Waals surface area contributed by atoms with Crippen molar-refractivity contribution >= 4 is 21.4 Å². The molecular formula is C20H24N2O4S. The Labute approximate surface area is 159 Å². The van der Waals surface area contributed by atoms with E-state index >= 15 is 0 Å². The Morgan fingerprint density at radius 1 is 1.19 bits per heavy atom. The molecule has 1 saturated carbocycles. The molecule has 0 atom stereocenters. The minimum absolute atomic E-state index is 0.0282. The number of aromatic nitrogens is 1. The van der Waals surface area contributed by atoms with Crippen LogP contribution >= 0.6 is 0 Å². The second kappa shape index (κ2) is 8.99. The molecule has 1 N–H and O–H groups in total. The summed E-state index contributed by atoms with van der Waals surface area (Å²) in [6, 6.07) is 10.8. The first-order valence-corrected chi connectivity index (χ1v) is 10.9. The predicted molar refractivity (Wildman–Crippen MR) is 104 cm³/mol. The van der Waals surface area contributed by atoms with Crippen LogP contribution in [0.2, 0.25) is 0 Å². The normalized spacial score (nSPS) is 14.8. The number of hydrogen-bond donors (Lipinski definition) is 1. The average molecular weight is 388 g/mol. The van der Waals surface area contributed by atoms with Gasteiger partial charge in [-0.25, -0.2) is 8.42 Å². The maximum atomic E-state index is 12.3. The molecule has 6 nitrogen and oxygen atoms in total. The standard InChI is InChI=1S/C20H24N2O4S/c23-20(10-12-27(24,25)19-8-1-2-9-19)22-17-6-3-7-18(13-17)26-15-16-5-4-11-21-14-16/h3-7,11,13-14,19H,1-2,8-10,12,15H2,(H,22,23). The van der Waals surface area contributed by atoms with Crippen molar-refractivity contribution in [1.82, 2.24) is 4.98 Å². The van der Waals surface area contributed by atoms with Gasteiger partial charge in [-0.3, -0.25) is 9.78 Å². The maximum absolute atomic E-state index is 12.3. The van der Waals surface area contributed by atoms with E-state index in [1.807, 2.05) is 12.1 Å². The predicted octanol–water partition coefficient (Wildman–Crippen LogP) is 3.35. The molecule has 0 radical (unpaired) electrons. The van der Waals surface area contributed by atoms with E-state index in [4.69, 9.17) is 4.74 Å². The molecule has 0 bridgehead atoms. The molecule has 1 aromatic heterocycles. The maximum Gasteiger partial charge on any atom is 0.225 e. The number of pyridine rings is 1. The summed E-state index contributed by atoms with van der Waals surface area (Å²) in [7, 11) is -3.19. The van der Waals surface area contributed by atoms with Crippen LogP contribution in [0.25, 0.3) is 0 Å². The Hall–Kier alpha value is -2.41. The van der Waals surface area contributed by atoms with Gasteiger partial charge in [-0.15, -0.1) is 0 Å². The highest BCUT2D eigenvalue weighted by Gasteiger charge is 2.28. The SMILES string of the molecule is O=C(CCS(=O)(=O)C1CCCC1)Nc1cccc(OCc2cccnc2)c1. The molecule has 7 heteroatoms. The van der Waals surface area contributed by atoms with Gasteiger partial charge < -0.3 is 10.1 Å². The van der Waals surface area contributed by atoms with Gasteiger partial charge in [0, 0.05) is 36.1 Å². The van der Waals surface area contributed by atoms with Crippen molar-refractivity contribution < 1.29 is 17.9 Å². The van der Waals surface area contributed by atoms with Crippen LogP contribution < -0.4 is 10.1 Å². The van der Waals surface area contributed by atoms with Gasteiger partial charge in [0.1, 0.15) is 12.4 Å². The first kappa shape index (κ1) is 19.4. The van der Waals surface area contributed by atoms with Gasteiger partial charge in [0.05, 0.1) is 11.0 Å². The Morgan fingerprint density at radius 2 is 2.00 bits per heavy atom. The van der Waals surface area contributed by atoms with Crippen LogP contribution in [0, 0.1) is 0 Å². The number of ether oxygens (including phenoxy) is 1. The minimum Gasteiger partial charge on any atom is -0.489 e. The summed E-state index contributed by atoms with van der Waals surface area (Å²) in [5.74, 6) is 0.219. The van der Waals surface area contributed by atoms with E-state index in [1.54, 1.807) is 36.7 Å². The molecule has 0 aliphatic heterocycles. The number of anilines is 1. The van der Waals surface area contributed by atoms with Gasteiger partial charge in [-0.1, -0.05) is 25.0 Å². The van der Waals surface area contributed by atoms with Gasteiger partial charge in [0.15, 0.2) is 9.84 Å². The molecule has 0 unspecified atom stereocenters. The summed E-state index contributed by atoms with van der Waals surface area (Å²) in [6.07, 6.45) is 6.77. The third-order valence-electron chi connectivity index (χ3n) is 4.67. The van der Waals surface area contributed by atoms with E-state index in [9.17, 15) is 13.2 Å². The molecule has 1 fully saturated rings. The zero-order valence-corrected chi connectivity index (χ0v) is 16.0. The summed E-state index contributed by atoms with van der Waals surface area (Å²) < 4.78 is 30.2. The number of amides is 1. The Bertz CT molecular complexity index is 863. The molecule has 3 rings (SSSR count). The van der Waals surface area contributed by atoms with Crippen LogP contribution in [0.4, 0.5) is 5.69 Å². The van der Waals surface area contributed by atoms with Crippen molar-refractivity contribution in [2.24, 2.45) is 0 Å². The second-order valence-corrected chi connectivity index (χ2v) is 9.15. The fraction of sp³-hybridized carbons (Fsp3) is 0.400. The largest absolute Gasteiger partial charge is 0.489 e. The van der Waals surface area contributed by atoms with Crippen molar-refractivity contribution in [3.8, 4) is 5.75 Å². The van der Waals surface area contributed by atoms with Gasteiger partial charge >= 0.3 is 0 Å². The first-order valence-electron chi connectivity index (χ1n) is 9.16. The monoisotopic (exact) mass is 388 g/mol. The summed E-state index contributed by atoms with van der Waals surface area (Å²) in [4.78, 5) is 16.2. The number of carbonyl (C=O) groups is 1. The Kier molecular flexibility index (Phi) is 6.45. The summed E-state index contributed by atoms with van der Waals surface area (Å²) >= 11 is 0. The number of nitrogens with zero attached hydrogens (tertiary/aromatic N) is 1. The number of rotatable bonds is 8. The molecule has 1 amide bonds. The van der Waals surface area contributed by atoms with Crippen molar-refractivity contribution in [1.29, 1.82) is 0 Å². The van der Waals surface area contributed by atoms with E-state index in [0.29, 0.717) is 18.0 Å². The summed E-state index contributed by atoms with van der Waals surface area (Å²) in [5.41, 5.74) is 1.53. The minimum atomic E-state index is -3.19. The quantitative estimate of drug-likeness (QED) is 0.750. The van der Waals surface area contributed by atoms with Crippen LogP contribution in [-0.2, 0) is 21.2 Å². The van der Waals surface area contributed by atoms with Crippen LogP contribution in [0.1, 0.15) is 37.7 Å². The highest BCUT2D eigenvalue weighted by molar-refractivity contribution is 7.92. The Balaban J connectivity index is 1.50. The van der Waals surface area contributed by atoms with Crippen molar-refractivity contribution in [3.05, 3.63) is 54.4 Å². The number of carbonyl (C=O) groups excluding carboxylic acids is 1. The molecule has 1 aromatic carbocycles. The van der Waals surface area contributed by atoms with Crippen LogP contribution in [0.3, 0.4) is 0 Å². The second-order valence-electron chi connectivity index (χ2n) is 6.75. The smallest absolute Gasteiger partial charge is 0.225 e. The lowest BCUT2D eigenvalue weighted by atomic mass is 10.3. The zero-order valence-electron chi connectivity index (χ0n) is 15.1. The molecule has 1 aliphatic rings. The molecule has 1 heterocycles. The van der Waals surface area contributed by atoms with E-state index in [1.165, 1.54) is 0 Å². The highest BCUT2D eigenvalue weighted by Crippen LogP contribution is 2.25. The molecule has 0 saturated heterocycles. The number of sulfone groups is 1. The third kappa shape index (κ3) is 5.79. The van der Waals surface area contributed by atoms with Gasteiger partial charge in [0.25, 0.3) is 0 Å². The van der Waals surface area contributed by atoms with E-state index in [-0.39, 0.29) is 23.3 Å².